The standard InChI is InChI=1S/C50H30S/c1-2-13-33(14-3-1)49-40-19-7-4-15-34(40)37-18-12-23-45(48(37)49)50(44-22-10-9-21-43(44)49)41-20-8-5-16-35(41)38-29-31(25-27-42(38)50)32-26-28-47-39(30-32)36-17-6-11-24-46(36)51-47/h1-30H. The summed E-state index contributed by atoms with van der Waals surface area (Å²) in [5.41, 5.74) is 18.0. The molecule has 8 aromatic carbocycles. The van der Waals surface area contributed by atoms with Gasteiger partial charge in [-0.3, -0.25) is 0 Å². The Morgan fingerprint density at radius 2 is 0.863 bits per heavy atom. The lowest BCUT2D eigenvalue weighted by atomic mass is 9.52. The fraction of sp³-hybridized carbons (Fsp3) is 0.0400. The van der Waals surface area contributed by atoms with E-state index in [9.17, 15) is 0 Å². The molecule has 0 radical (unpaired) electrons. The maximum atomic E-state index is 2.47. The molecule has 51 heavy (non-hydrogen) atoms. The summed E-state index contributed by atoms with van der Waals surface area (Å²) in [5, 5.41) is 2.67. The second kappa shape index (κ2) is 9.82. The van der Waals surface area contributed by atoms with Crippen molar-refractivity contribution >= 4 is 31.5 Å². The Morgan fingerprint density at radius 3 is 1.69 bits per heavy atom. The lowest BCUT2D eigenvalue weighted by Crippen LogP contribution is -2.43. The summed E-state index contributed by atoms with van der Waals surface area (Å²) in [4.78, 5) is 0. The minimum atomic E-state index is -0.458. The van der Waals surface area contributed by atoms with E-state index in [2.05, 4.69) is 182 Å². The zero-order valence-electron chi connectivity index (χ0n) is 27.7. The second-order valence-corrected chi connectivity index (χ2v) is 15.4. The van der Waals surface area contributed by atoms with E-state index in [-0.39, 0.29) is 0 Å². The van der Waals surface area contributed by atoms with Crippen LogP contribution in [0.1, 0.15) is 44.5 Å². The van der Waals surface area contributed by atoms with Gasteiger partial charge in [0.25, 0.3) is 0 Å². The summed E-state index contributed by atoms with van der Waals surface area (Å²) in [6, 6.07) is 69.1. The molecule has 0 amide bonds. The monoisotopic (exact) mass is 662 g/mol. The summed E-state index contributed by atoms with van der Waals surface area (Å²) in [6.45, 7) is 0. The molecule has 3 aliphatic rings. The molecule has 1 heteroatoms. The molecule has 0 bridgehead atoms. The van der Waals surface area contributed by atoms with Gasteiger partial charge in [-0.25, -0.2) is 0 Å². The van der Waals surface area contributed by atoms with Crippen molar-refractivity contribution in [3.05, 3.63) is 226 Å². The lowest BCUT2D eigenvalue weighted by Gasteiger charge is -2.48. The van der Waals surface area contributed by atoms with E-state index in [4.69, 9.17) is 0 Å². The van der Waals surface area contributed by atoms with E-state index < -0.39 is 10.8 Å². The van der Waals surface area contributed by atoms with Crippen LogP contribution in [0.2, 0.25) is 0 Å². The fourth-order valence-electron chi connectivity index (χ4n) is 10.3. The van der Waals surface area contributed by atoms with Crippen LogP contribution >= 0.6 is 11.3 Å². The van der Waals surface area contributed by atoms with Crippen molar-refractivity contribution in [3.63, 3.8) is 0 Å². The predicted molar refractivity (Wildman–Crippen MR) is 213 cm³/mol. The first kappa shape index (κ1) is 27.8. The van der Waals surface area contributed by atoms with Crippen molar-refractivity contribution in [1.29, 1.82) is 0 Å². The third-order valence-electron chi connectivity index (χ3n) is 12.2. The van der Waals surface area contributed by atoms with Crippen LogP contribution in [0.3, 0.4) is 0 Å². The van der Waals surface area contributed by atoms with Crippen molar-refractivity contribution < 1.29 is 0 Å². The highest BCUT2D eigenvalue weighted by Crippen LogP contribution is 2.68. The molecular formula is C50H30S. The molecule has 2 atom stereocenters. The van der Waals surface area contributed by atoms with Crippen LogP contribution < -0.4 is 0 Å². The molecule has 1 spiro atoms. The summed E-state index contributed by atoms with van der Waals surface area (Å²) in [6.07, 6.45) is 0. The van der Waals surface area contributed by atoms with Crippen molar-refractivity contribution in [2.24, 2.45) is 0 Å². The Balaban J connectivity index is 1.18. The van der Waals surface area contributed by atoms with E-state index in [0.717, 1.165) is 0 Å². The van der Waals surface area contributed by atoms with Crippen LogP contribution in [0.15, 0.2) is 182 Å². The maximum Gasteiger partial charge on any atom is 0.0720 e. The first-order chi connectivity index (χ1) is 25.3. The van der Waals surface area contributed by atoms with Gasteiger partial charge in [-0.1, -0.05) is 158 Å². The minimum Gasteiger partial charge on any atom is -0.135 e. The molecule has 0 saturated carbocycles. The van der Waals surface area contributed by atoms with E-state index in [1.54, 1.807) is 0 Å². The van der Waals surface area contributed by atoms with Gasteiger partial charge in [0, 0.05) is 20.2 Å². The zero-order valence-corrected chi connectivity index (χ0v) is 28.5. The highest BCUT2D eigenvalue weighted by molar-refractivity contribution is 7.25. The van der Waals surface area contributed by atoms with Crippen molar-refractivity contribution in [1.82, 2.24) is 0 Å². The van der Waals surface area contributed by atoms with E-state index in [0.29, 0.717) is 0 Å². The molecule has 9 aromatic rings. The molecule has 12 rings (SSSR count). The first-order valence-electron chi connectivity index (χ1n) is 17.8. The second-order valence-electron chi connectivity index (χ2n) is 14.3. The quantitative estimate of drug-likeness (QED) is 0.173. The molecule has 0 fully saturated rings. The van der Waals surface area contributed by atoms with E-state index >= 15 is 0 Å². The fourth-order valence-corrected chi connectivity index (χ4v) is 11.4. The average Bonchev–Trinajstić information content (AvgIpc) is 3.83. The number of rotatable bonds is 2. The molecule has 0 aliphatic heterocycles. The molecule has 2 unspecified atom stereocenters. The molecular weight excluding hydrogens is 633 g/mol. The molecule has 236 valence electrons. The summed E-state index contributed by atoms with van der Waals surface area (Å²) >= 11 is 1.88. The third kappa shape index (κ3) is 3.27. The van der Waals surface area contributed by atoms with Crippen molar-refractivity contribution in [3.8, 4) is 33.4 Å². The Morgan fingerprint density at radius 1 is 0.314 bits per heavy atom. The third-order valence-corrected chi connectivity index (χ3v) is 13.3. The highest BCUT2D eigenvalue weighted by atomic mass is 32.1. The van der Waals surface area contributed by atoms with Gasteiger partial charge in [0.15, 0.2) is 0 Å². The lowest BCUT2D eigenvalue weighted by molar-refractivity contribution is 0.636. The zero-order chi connectivity index (χ0) is 33.3. The maximum absolute atomic E-state index is 2.47. The molecule has 3 aliphatic carbocycles. The van der Waals surface area contributed by atoms with Crippen LogP contribution in [-0.4, -0.2) is 0 Å². The summed E-state index contributed by atoms with van der Waals surface area (Å²) in [5.74, 6) is 0. The van der Waals surface area contributed by atoms with Crippen LogP contribution in [0, 0.1) is 0 Å². The van der Waals surface area contributed by atoms with Gasteiger partial charge in [0.05, 0.1) is 10.8 Å². The van der Waals surface area contributed by atoms with Gasteiger partial charge >= 0.3 is 0 Å². The predicted octanol–water partition coefficient (Wildman–Crippen LogP) is 12.8. The Hall–Kier alpha value is -6.02. The molecule has 1 heterocycles. The van der Waals surface area contributed by atoms with Crippen LogP contribution in [0.25, 0.3) is 53.6 Å². The van der Waals surface area contributed by atoms with Crippen molar-refractivity contribution in [2.45, 2.75) is 10.8 Å². The normalized spacial score (nSPS) is 18.7. The van der Waals surface area contributed by atoms with Gasteiger partial charge in [0.2, 0.25) is 0 Å². The van der Waals surface area contributed by atoms with Crippen molar-refractivity contribution in [2.75, 3.05) is 0 Å². The Labute approximate surface area is 300 Å². The van der Waals surface area contributed by atoms with Gasteiger partial charge in [-0.15, -0.1) is 11.3 Å². The SMILES string of the molecule is c1ccc(C23c4ccccc4-c4cccc(c42)C2(c4ccccc4-c4cc(-c5ccc6sc7ccccc7c6c5)ccc42)c2ccccc23)cc1. The smallest absolute Gasteiger partial charge is 0.0720 e. The minimum absolute atomic E-state index is 0.415. The number of fused-ring (bicyclic) bond motifs is 15. The van der Waals surface area contributed by atoms with Gasteiger partial charge < -0.3 is 0 Å². The number of thiophene rings is 1. The Kier molecular flexibility index (Phi) is 5.34. The molecule has 0 saturated heterocycles. The first-order valence-corrected chi connectivity index (χ1v) is 18.7. The van der Waals surface area contributed by atoms with Gasteiger partial charge in [0.1, 0.15) is 0 Å². The molecule has 0 nitrogen and oxygen atoms in total. The van der Waals surface area contributed by atoms with Crippen LogP contribution in [0.4, 0.5) is 0 Å². The van der Waals surface area contributed by atoms with Crippen LogP contribution in [-0.2, 0) is 10.8 Å². The summed E-state index contributed by atoms with van der Waals surface area (Å²) < 4.78 is 2.68. The number of hydrogen-bond donors (Lipinski definition) is 0. The summed E-state index contributed by atoms with van der Waals surface area (Å²) in [7, 11) is 0. The topological polar surface area (TPSA) is 0 Å². The van der Waals surface area contributed by atoms with Crippen LogP contribution in [0.5, 0.6) is 0 Å². The van der Waals surface area contributed by atoms with Gasteiger partial charge in [-0.05, 0) is 102 Å². The molecule has 0 N–H and O–H groups in total. The average molecular weight is 663 g/mol. The van der Waals surface area contributed by atoms with E-state index in [1.807, 2.05) is 11.3 Å². The number of benzene rings is 8. The number of hydrogen-bond acceptors (Lipinski definition) is 1. The Bertz CT molecular complexity index is 2930. The van der Waals surface area contributed by atoms with E-state index in [1.165, 1.54) is 98.1 Å². The van der Waals surface area contributed by atoms with Gasteiger partial charge in [-0.2, -0.15) is 0 Å². The highest BCUT2D eigenvalue weighted by Gasteiger charge is 2.59. The molecule has 1 aromatic heterocycles. The largest absolute Gasteiger partial charge is 0.135 e.